The molecule has 1 fully saturated rings. The van der Waals surface area contributed by atoms with E-state index in [1.54, 1.807) is 18.9 Å². The van der Waals surface area contributed by atoms with Gasteiger partial charge in [-0.2, -0.15) is 0 Å². The van der Waals surface area contributed by atoms with E-state index in [0.29, 0.717) is 18.9 Å². The zero-order valence-electron chi connectivity index (χ0n) is 13.9. The molecule has 1 amide bonds. The Balaban J connectivity index is 1.75. The number of nitrogens with zero attached hydrogens (tertiary/aromatic N) is 1. The summed E-state index contributed by atoms with van der Waals surface area (Å²) in [7, 11) is 1.65. The maximum Gasteiger partial charge on any atom is 0.234 e. The van der Waals surface area contributed by atoms with Crippen molar-refractivity contribution in [3.05, 3.63) is 59.7 Å². The lowest BCUT2D eigenvalue weighted by atomic mass is 10.1. The van der Waals surface area contributed by atoms with E-state index in [2.05, 4.69) is 0 Å². The van der Waals surface area contributed by atoms with Gasteiger partial charge in [0.05, 0.1) is 19.5 Å². The van der Waals surface area contributed by atoms with Crippen molar-refractivity contribution in [2.24, 2.45) is 0 Å². The lowest BCUT2D eigenvalue weighted by Crippen LogP contribution is -2.27. The van der Waals surface area contributed by atoms with Gasteiger partial charge in [-0.3, -0.25) is 4.79 Å². The third kappa shape index (κ3) is 3.67. The normalized spacial score (nSPS) is 17.2. The van der Waals surface area contributed by atoms with Crippen LogP contribution in [0.4, 0.5) is 0 Å². The Kier molecular flexibility index (Phi) is 5.30. The van der Waals surface area contributed by atoms with Crippen LogP contribution in [0.5, 0.6) is 11.5 Å². The van der Waals surface area contributed by atoms with Gasteiger partial charge in [0.15, 0.2) is 0 Å². The van der Waals surface area contributed by atoms with Gasteiger partial charge in [-0.15, -0.1) is 11.8 Å². The summed E-state index contributed by atoms with van der Waals surface area (Å²) < 4.78 is 10.7. The van der Waals surface area contributed by atoms with Crippen LogP contribution in [0, 0.1) is 0 Å². The summed E-state index contributed by atoms with van der Waals surface area (Å²) in [4.78, 5) is 14.2. The molecule has 0 spiro atoms. The minimum absolute atomic E-state index is 0.0512. The van der Waals surface area contributed by atoms with Crippen LogP contribution in [0.3, 0.4) is 0 Å². The van der Waals surface area contributed by atoms with Crippen LogP contribution in [0.1, 0.15) is 23.4 Å². The molecule has 24 heavy (non-hydrogen) atoms. The number of rotatable bonds is 6. The number of hydrogen-bond acceptors (Lipinski definition) is 4. The molecule has 1 aliphatic rings. The van der Waals surface area contributed by atoms with Gasteiger partial charge >= 0.3 is 0 Å². The highest BCUT2D eigenvalue weighted by atomic mass is 32.2. The molecule has 0 unspecified atom stereocenters. The van der Waals surface area contributed by atoms with E-state index in [0.717, 1.165) is 22.6 Å². The van der Waals surface area contributed by atoms with E-state index in [1.807, 2.05) is 60.4 Å². The van der Waals surface area contributed by atoms with Crippen LogP contribution >= 0.6 is 11.8 Å². The maximum absolute atomic E-state index is 12.3. The molecule has 3 rings (SSSR count). The highest BCUT2D eigenvalue weighted by molar-refractivity contribution is 8.00. The molecular formula is C19H21NO3S. The van der Waals surface area contributed by atoms with Crippen LogP contribution in [0.15, 0.2) is 48.5 Å². The minimum Gasteiger partial charge on any atom is -0.497 e. The summed E-state index contributed by atoms with van der Waals surface area (Å²) >= 11 is 1.67. The zero-order valence-corrected chi connectivity index (χ0v) is 14.7. The molecule has 0 saturated carbocycles. The van der Waals surface area contributed by atoms with Crippen molar-refractivity contribution in [3.8, 4) is 11.5 Å². The third-order valence-corrected chi connectivity index (χ3v) is 5.21. The van der Waals surface area contributed by atoms with Gasteiger partial charge in [0, 0.05) is 6.54 Å². The van der Waals surface area contributed by atoms with Crippen molar-refractivity contribution in [1.82, 2.24) is 4.90 Å². The molecule has 1 aliphatic heterocycles. The molecule has 0 bridgehead atoms. The smallest absolute Gasteiger partial charge is 0.234 e. The summed E-state index contributed by atoms with van der Waals surface area (Å²) in [6.45, 7) is 3.23. The number of ether oxygens (including phenoxy) is 2. The first kappa shape index (κ1) is 16.7. The Morgan fingerprint density at radius 2 is 1.75 bits per heavy atom. The second kappa shape index (κ2) is 7.62. The lowest BCUT2D eigenvalue weighted by Gasteiger charge is -2.24. The monoisotopic (exact) mass is 343 g/mol. The van der Waals surface area contributed by atoms with Crippen molar-refractivity contribution < 1.29 is 14.3 Å². The first-order valence-electron chi connectivity index (χ1n) is 7.98. The molecule has 0 aromatic heterocycles. The Labute approximate surface area is 146 Å². The highest BCUT2D eigenvalue weighted by Gasteiger charge is 2.32. The van der Waals surface area contributed by atoms with E-state index in [9.17, 15) is 4.79 Å². The summed E-state index contributed by atoms with van der Waals surface area (Å²) in [5.74, 6) is 2.38. The molecule has 0 N–H and O–H groups in total. The topological polar surface area (TPSA) is 38.8 Å². The second-order valence-electron chi connectivity index (χ2n) is 5.54. The Hall–Kier alpha value is -2.14. The molecule has 1 heterocycles. The maximum atomic E-state index is 12.3. The Morgan fingerprint density at radius 3 is 2.38 bits per heavy atom. The number of carbonyl (C=O) groups is 1. The molecular weight excluding hydrogens is 322 g/mol. The van der Waals surface area contributed by atoms with Crippen LogP contribution in [-0.2, 0) is 11.3 Å². The highest BCUT2D eigenvalue weighted by Crippen LogP contribution is 2.40. The van der Waals surface area contributed by atoms with E-state index >= 15 is 0 Å². The van der Waals surface area contributed by atoms with E-state index < -0.39 is 0 Å². The number of hydrogen-bond donors (Lipinski definition) is 0. The predicted octanol–water partition coefficient (Wildman–Crippen LogP) is 3.87. The van der Waals surface area contributed by atoms with Gasteiger partial charge in [-0.05, 0) is 42.3 Å². The number of carbonyl (C=O) groups excluding carboxylic acids is 1. The molecule has 1 saturated heterocycles. The molecule has 2 aromatic carbocycles. The fourth-order valence-corrected chi connectivity index (χ4v) is 3.91. The van der Waals surface area contributed by atoms with Gasteiger partial charge in [-0.25, -0.2) is 0 Å². The van der Waals surface area contributed by atoms with Crippen LogP contribution in [0.2, 0.25) is 0 Å². The average molecular weight is 343 g/mol. The fourth-order valence-electron chi connectivity index (χ4n) is 2.72. The van der Waals surface area contributed by atoms with Crippen molar-refractivity contribution in [2.75, 3.05) is 19.5 Å². The van der Waals surface area contributed by atoms with Gasteiger partial charge in [0.1, 0.15) is 16.9 Å². The first-order valence-corrected chi connectivity index (χ1v) is 9.03. The van der Waals surface area contributed by atoms with E-state index in [4.69, 9.17) is 9.47 Å². The Bertz CT molecular complexity index is 685. The molecule has 4 nitrogen and oxygen atoms in total. The van der Waals surface area contributed by atoms with E-state index in [-0.39, 0.29) is 11.3 Å². The third-order valence-electron chi connectivity index (χ3n) is 3.96. The van der Waals surface area contributed by atoms with E-state index in [1.165, 1.54) is 0 Å². The SMILES string of the molecule is CCOc1ccc([C@@H]2SCC(=O)N2Cc2ccc(OC)cc2)cc1. The fraction of sp³-hybridized carbons (Fsp3) is 0.316. The summed E-state index contributed by atoms with van der Waals surface area (Å²) in [6, 6.07) is 15.9. The molecule has 126 valence electrons. The van der Waals surface area contributed by atoms with Crippen molar-refractivity contribution in [2.45, 2.75) is 18.8 Å². The van der Waals surface area contributed by atoms with Crippen LogP contribution < -0.4 is 9.47 Å². The van der Waals surface area contributed by atoms with Gasteiger partial charge in [0.2, 0.25) is 5.91 Å². The Morgan fingerprint density at radius 1 is 1.08 bits per heavy atom. The molecule has 5 heteroatoms. The van der Waals surface area contributed by atoms with Crippen molar-refractivity contribution in [3.63, 3.8) is 0 Å². The minimum atomic E-state index is 0.0512. The lowest BCUT2D eigenvalue weighted by molar-refractivity contribution is -0.128. The molecule has 1 atom stereocenters. The number of thioether (sulfide) groups is 1. The van der Waals surface area contributed by atoms with Gasteiger partial charge in [-0.1, -0.05) is 24.3 Å². The van der Waals surface area contributed by atoms with Crippen LogP contribution in [0.25, 0.3) is 0 Å². The standard InChI is InChI=1S/C19H21NO3S/c1-3-23-17-10-6-15(7-11-17)19-20(18(21)13-24-19)12-14-4-8-16(22-2)9-5-14/h4-11,19H,3,12-13H2,1-2H3/t19-/m0/s1. The summed E-state index contributed by atoms with van der Waals surface area (Å²) in [5.41, 5.74) is 2.23. The zero-order chi connectivity index (χ0) is 16.9. The number of amides is 1. The van der Waals surface area contributed by atoms with Gasteiger partial charge < -0.3 is 14.4 Å². The summed E-state index contributed by atoms with van der Waals surface area (Å²) in [6.07, 6.45) is 0. The van der Waals surface area contributed by atoms with Crippen molar-refractivity contribution in [1.29, 1.82) is 0 Å². The first-order chi connectivity index (χ1) is 11.7. The number of methoxy groups -OCH3 is 1. The molecule has 0 radical (unpaired) electrons. The molecule has 2 aromatic rings. The van der Waals surface area contributed by atoms with Crippen LogP contribution in [-0.4, -0.2) is 30.3 Å². The second-order valence-corrected chi connectivity index (χ2v) is 6.60. The molecule has 0 aliphatic carbocycles. The number of benzene rings is 2. The van der Waals surface area contributed by atoms with Crippen molar-refractivity contribution >= 4 is 17.7 Å². The predicted molar refractivity (Wildman–Crippen MR) is 96.4 cm³/mol. The summed E-state index contributed by atoms with van der Waals surface area (Å²) in [5, 5.41) is 0.0512. The largest absolute Gasteiger partial charge is 0.497 e. The van der Waals surface area contributed by atoms with Gasteiger partial charge in [0.25, 0.3) is 0 Å². The average Bonchev–Trinajstić information content (AvgIpc) is 2.97. The quantitative estimate of drug-likeness (QED) is 0.798.